The molecule has 0 saturated carbocycles. The zero-order chi connectivity index (χ0) is 60.8. The summed E-state index contributed by atoms with van der Waals surface area (Å²) in [6.07, 6.45) is 0.218. The van der Waals surface area contributed by atoms with Crippen molar-refractivity contribution in [1.82, 2.24) is 56.9 Å². The SMILES string of the molecule is CC[C@H](C)[C@H](NC(=O)CNC(=O)[C@H]1Cc2c([nH]c3c(N4CCN(C(=O)CCCCCN5C(=O)C=CC5=O)CC4)c(O)ccc23)SCC(=O)N[C@@H](CC(N)=O)C(=O)N2C[C@H](O)C[C@H]2C(=O)N[C@@H]([C@@H](C)[C@@H](O)CO)C(=O)N1)C(=O)NCC(=O)NC. The van der Waals surface area contributed by atoms with E-state index in [2.05, 4.69) is 42.2 Å². The van der Waals surface area contributed by atoms with Gasteiger partial charge in [-0.2, -0.15) is 0 Å². The van der Waals surface area contributed by atoms with E-state index in [9.17, 15) is 78.0 Å². The molecule has 14 N–H and O–H groups in total. The number of unbranched alkanes of at least 4 members (excludes halogenated alkanes) is 2. The number of fused-ring (bicyclic) bond motifs is 4. The topological polar surface area (TPSA) is 425 Å². The van der Waals surface area contributed by atoms with E-state index in [1.807, 2.05) is 4.90 Å². The molecule has 1 aromatic carbocycles. The number of primary amides is 1. The summed E-state index contributed by atoms with van der Waals surface area (Å²) in [5, 5.41) is 61.5. The average Bonchev–Trinajstić information content (AvgIpc) is 4.14. The molecule has 2 fully saturated rings. The van der Waals surface area contributed by atoms with Gasteiger partial charge in [-0.15, -0.1) is 0 Å². The maximum absolute atomic E-state index is 14.8. The number of hydrogen-bond donors (Lipinski definition) is 13. The van der Waals surface area contributed by atoms with Crippen LogP contribution in [0.25, 0.3) is 10.9 Å². The van der Waals surface area contributed by atoms with Crippen molar-refractivity contribution in [3.8, 4) is 5.75 Å². The predicted molar refractivity (Wildman–Crippen MR) is 297 cm³/mol. The van der Waals surface area contributed by atoms with Crippen LogP contribution >= 0.6 is 11.8 Å². The number of thioether (sulfide) groups is 1. The molecule has 30 heteroatoms. The first kappa shape index (κ1) is 64.3. The van der Waals surface area contributed by atoms with Crippen LogP contribution in [-0.4, -0.2) is 225 Å². The number of phenols is 1. The molecule has 83 heavy (non-hydrogen) atoms. The Morgan fingerprint density at radius 3 is 2.22 bits per heavy atom. The summed E-state index contributed by atoms with van der Waals surface area (Å²) < 4.78 is 0. The van der Waals surface area contributed by atoms with Gasteiger partial charge in [0, 0.05) is 89.0 Å². The number of aliphatic hydroxyl groups excluding tert-OH is 3. The van der Waals surface area contributed by atoms with Gasteiger partial charge in [0.1, 0.15) is 41.6 Å². The number of imide groups is 1. The average molecular weight is 1180 g/mol. The summed E-state index contributed by atoms with van der Waals surface area (Å²) in [5.74, 6) is -11.2. The second-order valence-electron chi connectivity index (χ2n) is 21.0. The number of carbonyl (C=O) groups excluding carboxylic acids is 12. The van der Waals surface area contributed by atoms with Crippen molar-refractivity contribution in [3.05, 3.63) is 29.8 Å². The number of rotatable bonds is 21. The number of carbonyl (C=O) groups is 12. The molecule has 454 valence electrons. The Morgan fingerprint density at radius 2 is 1.57 bits per heavy atom. The lowest BCUT2D eigenvalue weighted by Crippen LogP contribution is -2.61. The number of benzene rings is 1. The summed E-state index contributed by atoms with van der Waals surface area (Å²) in [6, 6.07) is -4.83. The van der Waals surface area contributed by atoms with Gasteiger partial charge >= 0.3 is 0 Å². The summed E-state index contributed by atoms with van der Waals surface area (Å²) in [6.45, 7) is 3.51. The molecular weight excluding hydrogens is 1110 g/mol. The van der Waals surface area contributed by atoms with Gasteiger partial charge in [-0.25, -0.2) is 0 Å². The number of aliphatic hydroxyl groups is 3. The van der Waals surface area contributed by atoms with Crippen LogP contribution in [0.1, 0.15) is 71.3 Å². The molecule has 9 atom stereocenters. The number of phenolic OH excluding ortho intramolecular Hbond substituents is 1. The lowest BCUT2D eigenvalue weighted by Gasteiger charge is -2.36. The number of hydrogen-bond acceptors (Lipinski definition) is 18. The van der Waals surface area contributed by atoms with Crippen LogP contribution in [0.15, 0.2) is 29.3 Å². The highest BCUT2D eigenvalue weighted by Crippen LogP contribution is 2.41. The van der Waals surface area contributed by atoms with Crippen molar-refractivity contribution in [2.45, 2.75) is 120 Å². The third kappa shape index (κ3) is 16.5. The first-order chi connectivity index (χ1) is 39.5. The number of amides is 12. The number of nitrogens with two attached hydrogens (primary N) is 1. The number of aromatic nitrogens is 1. The van der Waals surface area contributed by atoms with Gasteiger partial charge in [0.05, 0.1) is 54.6 Å². The predicted octanol–water partition coefficient (Wildman–Crippen LogP) is -4.55. The fraction of sp³-hybridized carbons (Fsp3) is 0.585. The van der Waals surface area contributed by atoms with Crippen LogP contribution in [0.4, 0.5) is 5.69 Å². The lowest BCUT2D eigenvalue weighted by atomic mass is 9.93. The van der Waals surface area contributed by atoms with E-state index in [1.165, 1.54) is 38.3 Å². The van der Waals surface area contributed by atoms with Gasteiger partial charge in [0.25, 0.3) is 11.8 Å². The van der Waals surface area contributed by atoms with Crippen LogP contribution in [0.3, 0.4) is 0 Å². The molecule has 5 heterocycles. The highest BCUT2D eigenvalue weighted by Gasteiger charge is 2.45. The first-order valence-corrected chi connectivity index (χ1v) is 28.5. The van der Waals surface area contributed by atoms with E-state index >= 15 is 0 Å². The van der Waals surface area contributed by atoms with Crippen LogP contribution in [0, 0.1) is 11.8 Å². The largest absolute Gasteiger partial charge is 0.506 e. The number of aromatic amines is 1. The molecule has 0 bridgehead atoms. The third-order valence-corrected chi connectivity index (χ3v) is 16.3. The minimum absolute atomic E-state index is 0.116. The van der Waals surface area contributed by atoms with E-state index in [0.717, 1.165) is 21.6 Å². The second kappa shape index (κ2) is 29.4. The highest BCUT2D eigenvalue weighted by atomic mass is 32.2. The number of likely N-dealkylation sites (N-methyl/N-ethyl adjacent to an activating group) is 1. The Labute approximate surface area is 481 Å². The molecule has 2 saturated heterocycles. The molecule has 0 spiro atoms. The Morgan fingerprint density at radius 1 is 0.880 bits per heavy atom. The van der Waals surface area contributed by atoms with Crippen LogP contribution in [-0.2, 0) is 64.0 Å². The molecule has 29 nitrogen and oxygen atoms in total. The van der Waals surface area contributed by atoms with E-state index in [4.69, 9.17) is 5.73 Å². The highest BCUT2D eigenvalue weighted by molar-refractivity contribution is 8.00. The summed E-state index contributed by atoms with van der Waals surface area (Å²) >= 11 is 0.874. The molecule has 12 amide bonds. The summed E-state index contributed by atoms with van der Waals surface area (Å²) in [7, 11) is 1.38. The van der Waals surface area contributed by atoms with Crippen molar-refractivity contribution >= 4 is 99.2 Å². The number of H-pyrrole nitrogens is 1. The van der Waals surface area contributed by atoms with Gasteiger partial charge in [-0.05, 0) is 36.5 Å². The lowest BCUT2D eigenvalue weighted by molar-refractivity contribution is -0.143. The van der Waals surface area contributed by atoms with Crippen molar-refractivity contribution in [2.24, 2.45) is 17.6 Å². The maximum Gasteiger partial charge on any atom is 0.253 e. The van der Waals surface area contributed by atoms with E-state index < -0.39 is 146 Å². The zero-order valence-electron chi connectivity index (χ0n) is 46.7. The smallest absolute Gasteiger partial charge is 0.253 e. The Hall–Kier alpha value is -7.83. The van der Waals surface area contributed by atoms with E-state index in [-0.39, 0.29) is 91.9 Å². The minimum atomic E-state index is -1.78. The zero-order valence-corrected chi connectivity index (χ0v) is 47.5. The van der Waals surface area contributed by atoms with Gasteiger partial charge < -0.3 is 83.1 Å². The summed E-state index contributed by atoms with van der Waals surface area (Å²) in [5.41, 5.74) is 6.37. The fourth-order valence-electron chi connectivity index (χ4n) is 10.2. The number of piperazine rings is 1. The maximum atomic E-state index is 14.8. The Bertz CT molecular complexity index is 2820. The first-order valence-electron chi connectivity index (χ1n) is 27.5. The number of nitrogens with one attached hydrogen (secondary N) is 8. The molecule has 4 aliphatic rings. The van der Waals surface area contributed by atoms with E-state index in [0.29, 0.717) is 36.6 Å². The molecule has 4 aliphatic heterocycles. The van der Waals surface area contributed by atoms with Crippen LogP contribution in [0.5, 0.6) is 5.75 Å². The normalized spacial score (nSPS) is 22.3. The third-order valence-electron chi connectivity index (χ3n) is 15.2. The van der Waals surface area contributed by atoms with Crippen molar-refractivity contribution < 1.29 is 78.0 Å². The molecule has 0 aliphatic carbocycles. The molecule has 6 rings (SSSR count). The van der Waals surface area contributed by atoms with Gasteiger partial charge in [-0.1, -0.05) is 45.4 Å². The van der Waals surface area contributed by atoms with Crippen molar-refractivity contribution in [2.75, 3.05) is 76.7 Å². The van der Waals surface area contributed by atoms with Crippen molar-refractivity contribution in [3.63, 3.8) is 0 Å². The molecule has 0 unspecified atom stereocenters. The Balaban J connectivity index is 1.35. The van der Waals surface area contributed by atoms with E-state index in [1.54, 1.807) is 18.7 Å². The Kier molecular flexibility index (Phi) is 22.8. The van der Waals surface area contributed by atoms with Gasteiger partial charge in [0.2, 0.25) is 59.1 Å². The number of nitrogens with zero attached hydrogens (tertiary/aromatic N) is 4. The monoisotopic (exact) mass is 1180 g/mol. The van der Waals surface area contributed by atoms with Crippen LogP contribution < -0.4 is 47.9 Å². The molecule has 1 aromatic heterocycles. The molecular formula is C53H75N13O16S. The van der Waals surface area contributed by atoms with Gasteiger partial charge in [-0.3, -0.25) is 62.4 Å². The van der Waals surface area contributed by atoms with Gasteiger partial charge in [0.15, 0.2) is 0 Å². The molecule has 2 aromatic rings. The minimum Gasteiger partial charge on any atom is -0.506 e. The number of anilines is 1. The van der Waals surface area contributed by atoms with Crippen LogP contribution in [0.2, 0.25) is 0 Å². The summed E-state index contributed by atoms with van der Waals surface area (Å²) in [4.78, 5) is 169. The molecule has 0 radical (unpaired) electrons. The number of aromatic hydroxyl groups is 1. The van der Waals surface area contributed by atoms with Crippen molar-refractivity contribution in [1.29, 1.82) is 0 Å². The standard InChI is InChI=1S/C53H75N13O16S/c1-5-27(2)44(50(80)57-22-38(72)55-4)60-39(73)23-56-48(78)32-20-31-30-10-11-35(69)47(64-17-15-63(16-18-64)41(75)9-7-6-8-14-65-42(76)12-13-43(65)77)46(30)62-52(31)83-26-40(74)58-33(21-37(54)71)53(82)66-24-29(68)19-34(66)49(79)61-45(51(81)59-32)28(3)36(70)25-67/h10-13,27-29,32-34,36,44-45,62,67-70H,5-9,14-26H2,1-4H3,(H2,54,71)(H,55,72)(H,56,78)(H,57,80)(H,58,74)(H,59,81)(H,60,73)(H,61,79)/t27-,28-,29+,32+,33-,34-,36-,44-,45-/m0/s1. The quantitative estimate of drug-likeness (QED) is 0.0413. The second-order valence-corrected chi connectivity index (χ2v) is 22.0. The fourth-order valence-corrected chi connectivity index (χ4v) is 11.1.